The average molecular weight is 237 g/mol. The van der Waals surface area contributed by atoms with Gasteiger partial charge in [-0.2, -0.15) is 0 Å². The summed E-state index contributed by atoms with van der Waals surface area (Å²) < 4.78 is 0. The number of nitrogens with zero attached hydrogens (tertiary/aromatic N) is 1. The van der Waals surface area contributed by atoms with E-state index in [0.29, 0.717) is 0 Å². The lowest BCUT2D eigenvalue weighted by Gasteiger charge is -2.08. The van der Waals surface area contributed by atoms with Gasteiger partial charge in [0.1, 0.15) is 5.82 Å². The van der Waals surface area contributed by atoms with E-state index in [1.54, 1.807) is 0 Å². The molecule has 0 bridgehead atoms. The molecule has 3 nitrogen and oxygen atoms in total. The molecular formula is C15H15N3. The molecule has 0 amide bonds. The Hall–Kier alpha value is -2.29. The second-order valence-electron chi connectivity index (χ2n) is 4.37. The predicted octanol–water partition coefficient (Wildman–Crippen LogP) is 3.48. The molecule has 1 aromatic heterocycles. The average Bonchev–Trinajstić information content (AvgIpc) is 2.82. The second kappa shape index (κ2) is 4.53. The van der Waals surface area contributed by atoms with Crippen LogP contribution in [-0.4, -0.2) is 9.97 Å². The predicted molar refractivity (Wildman–Crippen MR) is 74.6 cm³/mol. The fourth-order valence-corrected chi connectivity index (χ4v) is 2.13. The summed E-state index contributed by atoms with van der Waals surface area (Å²) in [6.45, 7) is 2.72. The third-order valence-corrected chi connectivity index (χ3v) is 3.01. The quantitative estimate of drug-likeness (QED) is 0.732. The van der Waals surface area contributed by atoms with Crippen molar-refractivity contribution in [3.05, 3.63) is 60.2 Å². The Morgan fingerprint density at radius 2 is 1.94 bits per heavy atom. The lowest BCUT2D eigenvalue weighted by Crippen LogP contribution is -2.00. The summed E-state index contributed by atoms with van der Waals surface area (Å²) in [5, 5.41) is 5.95. The Morgan fingerprint density at radius 1 is 1.11 bits per heavy atom. The van der Waals surface area contributed by atoms with Crippen LogP contribution in [0.3, 0.4) is 0 Å². The van der Waals surface area contributed by atoms with Crippen molar-refractivity contribution >= 4 is 16.5 Å². The zero-order valence-corrected chi connectivity index (χ0v) is 10.3. The Balaban J connectivity index is 1.86. The fraction of sp³-hybridized carbons (Fsp3) is 0.133. The smallest absolute Gasteiger partial charge is 0.103 e. The number of hydrogen-bond donors (Lipinski definition) is 2. The van der Waals surface area contributed by atoms with Crippen LogP contribution in [-0.2, 0) is 6.54 Å². The Labute approximate surface area is 106 Å². The third kappa shape index (κ3) is 2.07. The highest BCUT2D eigenvalue weighted by Crippen LogP contribution is 2.23. The van der Waals surface area contributed by atoms with Gasteiger partial charge in [-0.25, -0.2) is 4.98 Å². The third-order valence-electron chi connectivity index (χ3n) is 3.01. The number of hydrogen-bond acceptors (Lipinski definition) is 2. The van der Waals surface area contributed by atoms with E-state index in [0.717, 1.165) is 23.8 Å². The molecule has 0 fully saturated rings. The number of aromatic nitrogens is 2. The van der Waals surface area contributed by atoms with Crippen LogP contribution >= 0.6 is 0 Å². The summed E-state index contributed by atoms with van der Waals surface area (Å²) in [5.41, 5.74) is 2.25. The number of aryl methyl sites for hydroxylation is 1. The molecule has 3 aromatic rings. The van der Waals surface area contributed by atoms with Crippen LogP contribution in [0.25, 0.3) is 10.8 Å². The normalized spacial score (nSPS) is 10.7. The first-order valence-electron chi connectivity index (χ1n) is 6.05. The van der Waals surface area contributed by atoms with Crippen molar-refractivity contribution < 1.29 is 0 Å². The van der Waals surface area contributed by atoms with Gasteiger partial charge in [-0.1, -0.05) is 36.4 Å². The summed E-state index contributed by atoms with van der Waals surface area (Å²) in [6, 6.07) is 14.7. The number of imidazole rings is 1. The first-order valence-corrected chi connectivity index (χ1v) is 6.05. The molecule has 2 N–H and O–H groups in total. The molecule has 0 unspecified atom stereocenters. The van der Waals surface area contributed by atoms with E-state index in [1.165, 1.54) is 10.8 Å². The van der Waals surface area contributed by atoms with Crippen molar-refractivity contribution in [2.45, 2.75) is 13.5 Å². The molecule has 0 radical (unpaired) electrons. The molecule has 0 aliphatic heterocycles. The van der Waals surface area contributed by atoms with E-state index in [4.69, 9.17) is 0 Å². The van der Waals surface area contributed by atoms with Crippen molar-refractivity contribution in [2.24, 2.45) is 0 Å². The van der Waals surface area contributed by atoms with Crippen LogP contribution in [0.1, 0.15) is 11.5 Å². The summed E-state index contributed by atoms with van der Waals surface area (Å²) >= 11 is 0. The van der Waals surface area contributed by atoms with Gasteiger partial charge >= 0.3 is 0 Å². The fourth-order valence-electron chi connectivity index (χ4n) is 2.13. The molecule has 1 heterocycles. The maximum atomic E-state index is 4.20. The molecule has 0 saturated carbocycles. The molecule has 0 spiro atoms. The van der Waals surface area contributed by atoms with Crippen LogP contribution in [0.15, 0.2) is 48.7 Å². The number of fused-ring (bicyclic) bond motifs is 1. The molecular weight excluding hydrogens is 222 g/mol. The Kier molecular flexibility index (Phi) is 2.73. The zero-order chi connectivity index (χ0) is 12.4. The summed E-state index contributed by atoms with van der Waals surface area (Å²) in [6.07, 6.45) is 1.87. The van der Waals surface area contributed by atoms with Crippen LogP contribution in [0, 0.1) is 6.92 Å². The van der Waals surface area contributed by atoms with Crippen LogP contribution in [0.5, 0.6) is 0 Å². The zero-order valence-electron chi connectivity index (χ0n) is 10.3. The number of H-pyrrole nitrogens is 1. The monoisotopic (exact) mass is 237 g/mol. The molecule has 2 aromatic carbocycles. The van der Waals surface area contributed by atoms with E-state index >= 15 is 0 Å². The van der Waals surface area contributed by atoms with Gasteiger partial charge in [0.15, 0.2) is 0 Å². The Morgan fingerprint density at radius 3 is 2.78 bits per heavy atom. The van der Waals surface area contributed by atoms with Gasteiger partial charge in [0, 0.05) is 11.1 Å². The molecule has 18 heavy (non-hydrogen) atoms. The molecule has 0 saturated heterocycles. The molecule has 3 rings (SSSR count). The van der Waals surface area contributed by atoms with Crippen molar-refractivity contribution in [2.75, 3.05) is 5.32 Å². The SMILES string of the molecule is Cc1ncc(CNc2cccc3ccccc23)[nH]1. The van der Waals surface area contributed by atoms with Gasteiger partial charge in [0.05, 0.1) is 18.4 Å². The van der Waals surface area contributed by atoms with E-state index < -0.39 is 0 Å². The number of aromatic amines is 1. The van der Waals surface area contributed by atoms with Crippen molar-refractivity contribution in [1.82, 2.24) is 9.97 Å². The summed E-state index contributed by atoms with van der Waals surface area (Å²) in [7, 11) is 0. The first kappa shape index (κ1) is 10.8. The van der Waals surface area contributed by atoms with Gasteiger partial charge in [-0.05, 0) is 18.4 Å². The minimum absolute atomic E-state index is 0.759. The van der Waals surface area contributed by atoms with E-state index in [1.807, 2.05) is 13.1 Å². The standard InChI is InChI=1S/C15H15N3/c1-11-16-9-13(18-11)10-17-15-8-4-6-12-5-2-3-7-14(12)15/h2-9,17H,10H2,1H3,(H,16,18). The Bertz CT molecular complexity index is 665. The van der Waals surface area contributed by atoms with E-state index in [-0.39, 0.29) is 0 Å². The summed E-state index contributed by atoms with van der Waals surface area (Å²) in [5.74, 6) is 0.949. The topological polar surface area (TPSA) is 40.7 Å². The van der Waals surface area contributed by atoms with Crippen molar-refractivity contribution in [3.63, 3.8) is 0 Å². The van der Waals surface area contributed by atoms with Crippen LogP contribution in [0.4, 0.5) is 5.69 Å². The molecule has 0 aliphatic rings. The molecule has 0 atom stereocenters. The van der Waals surface area contributed by atoms with Crippen LogP contribution in [0.2, 0.25) is 0 Å². The van der Waals surface area contributed by atoms with Gasteiger partial charge < -0.3 is 10.3 Å². The number of nitrogens with one attached hydrogen (secondary N) is 2. The number of anilines is 1. The highest BCUT2D eigenvalue weighted by molar-refractivity contribution is 5.93. The lowest BCUT2D eigenvalue weighted by molar-refractivity contribution is 1.05. The van der Waals surface area contributed by atoms with Gasteiger partial charge in [0.2, 0.25) is 0 Å². The largest absolute Gasteiger partial charge is 0.379 e. The highest BCUT2D eigenvalue weighted by Gasteiger charge is 2.01. The maximum Gasteiger partial charge on any atom is 0.103 e. The minimum Gasteiger partial charge on any atom is -0.379 e. The molecule has 3 heteroatoms. The van der Waals surface area contributed by atoms with Gasteiger partial charge in [-0.3, -0.25) is 0 Å². The molecule has 90 valence electrons. The molecule has 0 aliphatic carbocycles. The number of rotatable bonds is 3. The second-order valence-corrected chi connectivity index (χ2v) is 4.37. The lowest BCUT2D eigenvalue weighted by atomic mass is 10.1. The van der Waals surface area contributed by atoms with Crippen LogP contribution < -0.4 is 5.32 Å². The van der Waals surface area contributed by atoms with Crippen molar-refractivity contribution in [3.8, 4) is 0 Å². The van der Waals surface area contributed by atoms with Gasteiger partial charge in [-0.15, -0.1) is 0 Å². The van der Waals surface area contributed by atoms with E-state index in [2.05, 4.69) is 57.7 Å². The highest BCUT2D eigenvalue weighted by atomic mass is 15.0. The van der Waals surface area contributed by atoms with Gasteiger partial charge in [0.25, 0.3) is 0 Å². The van der Waals surface area contributed by atoms with Crippen molar-refractivity contribution in [1.29, 1.82) is 0 Å². The van der Waals surface area contributed by atoms with E-state index in [9.17, 15) is 0 Å². The maximum absolute atomic E-state index is 4.20. The number of benzene rings is 2. The summed E-state index contributed by atoms with van der Waals surface area (Å²) in [4.78, 5) is 7.42. The minimum atomic E-state index is 0.759. The first-order chi connectivity index (χ1) is 8.83.